The molecule has 0 radical (unpaired) electrons. The highest BCUT2D eigenvalue weighted by molar-refractivity contribution is 5.76. The Balaban J connectivity index is 1.77. The molecule has 0 spiro atoms. The summed E-state index contributed by atoms with van der Waals surface area (Å²) in [4.78, 5) is 24.4. The molecule has 0 saturated heterocycles. The van der Waals surface area contributed by atoms with Crippen molar-refractivity contribution in [2.24, 2.45) is 17.8 Å². The molecule has 0 heterocycles. The normalized spacial score (nSPS) is 30.4. The van der Waals surface area contributed by atoms with E-state index in [1.165, 1.54) is 30.6 Å². The number of carbonyl (C=O) groups is 2. The summed E-state index contributed by atoms with van der Waals surface area (Å²) >= 11 is 0. The van der Waals surface area contributed by atoms with Crippen molar-refractivity contribution in [2.45, 2.75) is 51.5 Å². The second kappa shape index (κ2) is 6.46. The molecule has 2 rings (SSSR count). The molecule has 0 aromatic rings. The van der Waals surface area contributed by atoms with Crippen LogP contribution in [0.15, 0.2) is 0 Å². The highest BCUT2D eigenvalue weighted by Crippen LogP contribution is 2.42. The summed E-state index contributed by atoms with van der Waals surface area (Å²) in [6.07, 6.45) is 7.40. The van der Waals surface area contributed by atoms with Crippen LogP contribution in [-0.4, -0.2) is 41.6 Å². The lowest BCUT2D eigenvalue weighted by molar-refractivity contribution is -0.141. The SMILES string of the molecule is CC(CN(C)C(=O)NC1CCC2CCCC2C1)C(=O)O. The summed E-state index contributed by atoms with van der Waals surface area (Å²) < 4.78 is 0. The van der Waals surface area contributed by atoms with E-state index in [9.17, 15) is 9.59 Å². The van der Waals surface area contributed by atoms with Crippen LogP contribution >= 0.6 is 0 Å². The molecule has 2 amide bonds. The van der Waals surface area contributed by atoms with Crippen LogP contribution in [-0.2, 0) is 4.79 Å². The van der Waals surface area contributed by atoms with Gasteiger partial charge in [-0.15, -0.1) is 0 Å². The van der Waals surface area contributed by atoms with Gasteiger partial charge in [-0.05, 0) is 31.1 Å². The molecule has 0 bridgehead atoms. The quantitative estimate of drug-likeness (QED) is 0.831. The molecule has 4 atom stereocenters. The average molecular weight is 282 g/mol. The largest absolute Gasteiger partial charge is 0.481 e. The van der Waals surface area contributed by atoms with Gasteiger partial charge < -0.3 is 15.3 Å². The fourth-order valence-corrected chi connectivity index (χ4v) is 3.69. The first kappa shape index (κ1) is 15.1. The van der Waals surface area contributed by atoms with Gasteiger partial charge in [0.25, 0.3) is 0 Å². The Morgan fingerprint density at radius 2 is 1.95 bits per heavy atom. The third-order valence-corrected chi connectivity index (χ3v) is 4.93. The van der Waals surface area contributed by atoms with Crippen molar-refractivity contribution in [3.63, 3.8) is 0 Å². The average Bonchev–Trinajstić information content (AvgIpc) is 2.85. The van der Waals surface area contributed by atoms with Crippen LogP contribution in [0, 0.1) is 17.8 Å². The summed E-state index contributed by atoms with van der Waals surface area (Å²) in [5.74, 6) is 0.276. The van der Waals surface area contributed by atoms with Crippen molar-refractivity contribution < 1.29 is 14.7 Å². The molecule has 2 fully saturated rings. The number of fused-ring (bicyclic) bond motifs is 1. The number of nitrogens with one attached hydrogen (secondary N) is 1. The van der Waals surface area contributed by atoms with Crippen molar-refractivity contribution in [3.8, 4) is 0 Å². The topological polar surface area (TPSA) is 69.6 Å². The van der Waals surface area contributed by atoms with Crippen molar-refractivity contribution in [2.75, 3.05) is 13.6 Å². The molecule has 114 valence electrons. The summed E-state index contributed by atoms with van der Waals surface area (Å²) in [6, 6.07) is 0.129. The fourth-order valence-electron chi connectivity index (χ4n) is 3.69. The van der Waals surface area contributed by atoms with Gasteiger partial charge in [-0.3, -0.25) is 4.79 Å². The molecule has 4 unspecified atom stereocenters. The first-order chi connectivity index (χ1) is 9.47. The van der Waals surface area contributed by atoms with Gasteiger partial charge in [0.2, 0.25) is 0 Å². The molecule has 2 aliphatic carbocycles. The zero-order valence-corrected chi connectivity index (χ0v) is 12.5. The van der Waals surface area contributed by atoms with Gasteiger partial charge in [-0.25, -0.2) is 4.79 Å². The Labute approximate surface area is 120 Å². The molecule has 2 aliphatic rings. The van der Waals surface area contributed by atoms with Crippen LogP contribution in [0.5, 0.6) is 0 Å². The van der Waals surface area contributed by atoms with Gasteiger partial charge in [0.05, 0.1) is 5.92 Å². The van der Waals surface area contributed by atoms with E-state index in [0.29, 0.717) is 0 Å². The first-order valence-electron chi connectivity index (χ1n) is 7.71. The first-order valence-corrected chi connectivity index (χ1v) is 7.71. The molecule has 5 nitrogen and oxygen atoms in total. The third-order valence-electron chi connectivity index (χ3n) is 4.93. The van der Waals surface area contributed by atoms with E-state index in [0.717, 1.165) is 24.7 Å². The monoisotopic (exact) mass is 282 g/mol. The van der Waals surface area contributed by atoms with E-state index in [1.54, 1.807) is 14.0 Å². The highest BCUT2D eigenvalue weighted by atomic mass is 16.4. The molecule has 2 saturated carbocycles. The minimum absolute atomic E-state index is 0.139. The summed E-state index contributed by atoms with van der Waals surface area (Å²) in [6.45, 7) is 1.87. The number of nitrogens with zero attached hydrogens (tertiary/aromatic N) is 1. The third kappa shape index (κ3) is 3.64. The number of aliphatic carboxylic acids is 1. The molecule has 2 N–H and O–H groups in total. The Morgan fingerprint density at radius 3 is 2.65 bits per heavy atom. The number of urea groups is 1. The van der Waals surface area contributed by atoms with E-state index in [2.05, 4.69) is 5.32 Å². The lowest BCUT2D eigenvalue weighted by Crippen LogP contribution is -2.47. The number of carbonyl (C=O) groups excluding carboxylic acids is 1. The van der Waals surface area contributed by atoms with Crippen LogP contribution in [0.3, 0.4) is 0 Å². The van der Waals surface area contributed by atoms with Gasteiger partial charge in [-0.2, -0.15) is 0 Å². The van der Waals surface area contributed by atoms with Crippen molar-refractivity contribution in [1.29, 1.82) is 0 Å². The van der Waals surface area contributed by atoms with Crippen LogP contribution in [0.4, 0.5) is 4.79 Å². The minimum atomic E-state index is -0.865. The number of hydrogen-bond acceptors (Lipinski definition) is 2. The smallest absolute Gasteiger partial charge is 0.317 e. The maximum absolute atomic E-state index is 12.1. The highest BCUT2D eigenvalue weighted by Gasteiger charge is 2.34. The zero-order chi connectivity index (χ0) is 14.7. The van der Waals surface area contributed by atoms with Crippen LogP contribution in [0.2, 0.25) is 0 Å². The Bertz CT molecular complexity index is 372. The van der Waals surface area contributed by atoms with E-state index in [1.807, 2.05) is 0 Å². The molecule has 20 heavy (non-hydrogen) atoms. The van der Waals surface area contributed by atoms with Gasteiger partial charge in [-0.1, -0.05) is 26.2 Å². The van der Waals surface area contributed by atoms with Crippen molar-refractivity contribution in [3.05, 3.63) is 0 Å². The zero-order valence-electron chi connectivity index (χ0n) is 12.5. The van der Waals surface area contributed by atoms with Gasteiger partial charge in [0.15, 0.2) is 0 Å². The number of carboxylic acid groups (broad SMARTS) is 1. The lowest BCUT2D eigenvalue weighted by Gasteiger charge is -2.33. The summed E-state index contributed by atoms with van der Waals surface area (Å²) in [7, 11) is 1.66. The van der Waals surface area contributed by atoms with E-state index < -0.39 is 11.9 Å². The molecular weight excluding hydrogens is 256 g/mol. The molecule has 0 aromatic heterocycles. The van der Waals surface area contributed by atoms with Crippen molar-refractivity contribution >= 4 is 12.0 Å². The molecule has 5 heteroatoms. The van der Waals surface area contributed by atoms with E-state index in [-0.39, 0.29) is 18.6 Å². The van der Waals surface area contributed by atoms with E-state index in [4.69, 9.17) is 5.11 Å². The standard InChI is InChI=1S/C15H26N2O3/c1-10(14(18)19)9-17(2)15(20)16-13-7-6-11-4-3-5-12(11)8-13/h10-13H,3-9H2,1-2H3,(H,16,20)(H,18,19). The Kier molecular flexibility index (Phi) is 4.89. The number of rotatable bonds is 4. The van der Waals surface area contributed by atoms with Crippen molar-refractivity contribution in [1.82, 2.24) is 10.2 Å². The van der Waals surface area contributed by atoms with Crippen LogP contribution in [0.25, 0.3) is 0 Å². The predicted molar refractivity (Wildman–Crippen MR) is 76.4 cm³/mol. The Hall–Kier alpha value is -1.26. The van der Waals surface area contributed by atoms with Crippen LogP contribution in [0.1, 0.15) is 45.4 Å². The second-order valence-electron chi connectivity index (χ2n) is 6.53. The molecule has 0 aliphatic heterocycles. The summed E-state index contributed by atoms with van der Waals surface area (Å²) in [5, 5.41) is 11.9. The summed E-state index contributed by atoms with van der Waals surface area (Å²) in [5.41, 5.74) is 0. The van der Waals surface area contributed by atoms with Gasteiger partial charge in [0.1, 0.15) is 0 Å². The minimum Gasteiger partial charge on any atom is -0.481 e. The Morgan fingerprint density at radius 1 is 1.25 bits per heavy atom. The second-order valence-corrected chi connectivity index (χ2v) is 6.53. The number of amides is 2. The number of carboxylic acids is 1. The molecule has 0 aromatic carbocycles. The molecular formula is C15H26N2O3. The fraction of sp³-hybridized carbons (Fsp3) is 0.867. The lowest BCUT2D eigenvalue weighted by atomic mass is 9.79. The van der Waals surface area contributed by atoms with Gasteiger partial charge in [0, 0.05) is 19.6 Å². The van der Waals surface area contributed by atoms with Crippen LogP contribution < -0.4 is 5.32 Å². The van der Waals surface area contributed by atoms with Gasteiger partial charge >= 0.3 is 12.0 Å². The number of hydrogen-bond donors (Lipinski definition) is 2. The van der Waals surface area contributed by atoms with E-state index >= 15 is 0 Å². The predicted octanol–water partition coefficient (Wildman–Crippen LogP) is 2.32. The maximum Gasteiger partial charge on any atom is 0.317 e. The maximum atomic E-state index is 12.1.